The standard InChI is InChI=1S/C10H13N5O/c1-8-12-13-10-9(11-2-3-15(8)10)14-4-6-16-7-5-14/h2-3H,4-7H2,1H3. The van der Waals surface area contributed by atoms with Gasteiger partial charge in [0.2, 0.25) is 5.65 Å². The SMILES string of the molecule is Cc1nnc2c(N3CCOCC3)nccn12. The van der Waals surface area contributed by atoms with Crippen molar-refractivity contribution in [2.75, 3.05) is 31.2 Å². The van der Waals surface area contributed by atoms with Crippen LogP contribution in [0.25, 0.3) is 5.65 Å². The molecule has 1 fully saturated rings. The molecule has 0 aromatic carbocycles. The normalized spacial score (nSPS) is 16.9. The molecule has 0 N–H and O–H groups in total. The zero-order valence-electron chi connectivity index (χ0n) is 9.13. The van der Waals surface area contributed by atoms with Gasteiger partial charge in [0.25, 0.3) is 0 Å². The van der Waals surface area contributed by atoms with E-state index >= 15 is 0 Å². The molecule has 0 amide bonds. The Labute approximate surface area is 92.9 Å². The number of fused-ring (bicyclic) bond motifs is 1. The molecular weight excluding hydrogens is 206 g/mol. The first-order chi connectivity index (χ1) is 7.86. The van der Waals surface area contributed by atoms with Gasteiger partial charge in [0.05, 0.1) is 13.2 Å². The molecule has 0 aliphatic carbocycles. The summed E-state index contributed by atoms with van der Waals surface area (Å²) in [6, 6.07) is 0. The lowest BCUT2D eigenvalue weighted by Crippen LogP contribution is -2.37. The number of ether oxygens (including phenoxy) is 1. The topological polar surface area (TPSA) is 55.5 Å². The van der Waals surface area contributed by atoms with E-state index < -0.39 is 0 Å². The van der Waals surface area contributed by atoms with Crippen LogP contribution in [0.15, 0.2) is 12.4 Å². The van der Waals surface area contributed by atoms with Crippen LogP contribution in [-0.2, 0) is 4.74 Å². The summed E-state index contributed by atoms with van der Waals surface area (Å²) in [6.07, 6.45) is 3.67. The molecule has 0 unspecified atom stereocenters. The van der Waals surface area contributed by atoms with Crippen LogP contribution in [0.2, 0.25) is 0 Å². The summed E-state index contributed by atoms with van der Waals surface area (Å²) >= 11 is 0. The molecule has 3 heterocycles. The summed E-state index contributed by atoms with van der Waals surface area (Å²) in [5.41, 5.74) is 0.821. The van der Waals surface area contributed by atoms with Crippen LogP contribution >= 0.6 is 0 Å². The maximum atomic E-state index is 5.33. The number of aromatic nitrogens is 4. The molecule has 0 spiro atoms. The molecule has 1 saturated heterocycles. The van der Waals surface area contributed by atoms with Crippen molar-refractivity contribution in [1.82, 2.24) is 19.6 Å². The van der Waals surface area contributed by atoms with Crippen LogP contribution in [0.4, 0.5) is 5.82 Å². The molecule has 6 nitrogen and oxygen atoms in total. The lowest BCUT2D eigenvalue weighted by molar-refractivity contribution is 0.122. The van der Waals surface area contributed by atoms with Gasteiger partial charge in [-0.2, -0.15) is 0 Å². The van der Waals surface area contributed by atoms with E-state index in [-0.39, 0.29) is 0 Å². The van der Waals surface area contributed by atoms with Crippen LogP contribution < -0.4 is 4.90 Å². The van der Waals surface area contributed by atoms with Crippen molar-refractivity contribution >= 4 is 11.5 Å². The van der Waals surface area contributed by atoms with Gasteiger partial charge in [-0.25, -0.2) is 4.98 Å². The Morgan fingerprint density at radius 2 is 2.06 bits per heavy atom. The van der Waals surface area contributed by atoms with Crippen molar-refractivity contribution in [1.29, 1.82) is 0 Å². The first kappa shape index (κ1) is 9.53. The van der Waals surface area contributed by atoms with Crippen molar-refractivity contribution in [3.05, 3.63) is 18.2 Å². The summed E-state index contributed by atoms with van der Waals surface area (Å²) in [5.74, 6) is 1.78. The largest absolute Gasteiger partial charge is 0.378 e. The average molecular weight is 219 g/mol. The van der Waals surface area contributed by atoms with E-state index in [2.05, 4.69) is 20.1 Å². The fraction of sp³-hybridized carbons (Fsp3) is 0.500. The summed E-state index contributed by atoms with van der Waals surface area (Å²) in [6.45, 7) is 5.14. The Bertz CT molecular complexity index is 503. The third-order valence-electron chi connectivity index (χ3n) is 2.79. The number of aryl methyl sites for hydroxylation is 1. The molecule has 0 bridgehead atoms. The van der Waals surface area contributed by atoms with E-state index in [0.29, 0.717) is 0 Å². The lowest BCUT2D eigenvalue weighted by Gasteiger charge is -2.27. The number of hydrogen-bond donors (Lipinski definition) is 0. The minimum atomic E-state index is 0.746. The van der Waals surface area contributed by atoms with Crippen LogP contribution in [-0.4, -0.2) is 45.9 Å². The minimum absolute atomic E-state index is 0.746. The molecule has 0 atom stereocenters. The van der Waals surface area contributed by atoms with E-state index in [1.54, 1.807) is 6.20 Å². The highest BCUT2D eigenvalue weighted by atomic mass is 16.5. The molecule has 2 aromatic rings. The minimum Gasteiger partial charge on any atom is -0.378 e. The van der Waals surface area contributed by atoms with Gasteiger partial charge in [0.15, 0.2) is 5.82 Å². The average Bonchev–Trinajstić information content (AvgIpc) is 2.73. The summed E-state index contributed by atoms with van der Waals surface area (Å²) in [5, 5.41) is 8.23. The van der Waals surface area contributed by atoms with Crippen LogP contribution in [0, 0.1) is 6.92 Å². The van der Waals surface area contributed by atoms with E-state index in [9.17, 15) is 0 Å². The Morgan fingerprint density at radius 3 is 2.88 bits per heavy atom. The first-order valence-electron chi connectivity index (χ1n) is 5.35. The molecule has 0 saturated carbocycles. The highest BCUT2D eigenvalue weighted by molar-refractivity contribution is 5.63. The van der Waals surface area contributed by atoms with Gasteiger partial charge in [-0.05, 0) is 6.92 Å². The Hall–Kier alpha value is -1.69. The van der Waals surface area contributed by atoms with E-state index in [0.717, 1.165) is 43.6 Å². The summed E-state index contributed by atoms with van der Waals surface area (Å²) in [7, 11) is 0. The molecule has 6 heteroatoms. The Kier molecular flexibility index (Phi) is 2.21. The third kappa shape index (κ3) is 1.42. The summed E-state index contributed by atoms with van der Waals surface area (Å²) < 4.78 is 7.28. The lowest BCUT2D eigenvalue weighted by atomic mass is 10.4. The van der Waals surface area contributed by atoms with Crippen molar-refractivity contribution in [3.8, 4) is 0 Å². The number of nitrogens with zero attached hydrogens (tertiary/aromatic N) is 5. The molecule has 1 aliphatic heterocycles. The maximum absolute atomic E-state index is 5.33. The first-order valence-corrected chi connectivity index (χ1v) is 5.35. The zero-order valence-corrected chi connectivity index (χ0v) is 9.13. The van der Waals surface area contributed by atoms with E-state index in [4.69, 9.17) is 4.74 Å². The van der Waals surface area contributed by atoms with Gasteiger partial charge in [0, 0.05) is 25.5 Å². The van der Waals surface area contributed by atoms with Crippen molar-refractivity contribution < 1.29 is 4.74 Å². The van der Waals surface area contributed by atoms with Crippen LogP contribution in [0.3, 0.4) is 0 Å². The fourth-order valence-electron chi connectivity index (χ4n) is 1.93. The number of hydrogen-bond acceptors (Lipinski definition) is 5. The number of rotatable bonds is 1. The van der Waals surface area contributed by atoms with Gasteiger partial charge in [-0.1, -0.05) is 0 Å². The second-order valence-electron chi connectivity index (χ2n) is 3.79. The van der Waals surface area contributed by atoms with Gasteiger partial charge >= 0.3 is 0 Å². The third-order valence-corrected chi connectivity index (χ3v) is 2.79. The second-order valence-corrected chi connectivity index (χ2v) is 3.79. The molecule has 84 valence electrons. The molecule has 1 aliphatic rings. The predicted molar refractivity (Wildman–Crippen MR) is 58.6 cm³/mol. The highest BCUT2D eigenvalue weighted by Gasteiger charge is 2.17. The van der Waals surface area contributed by atoms with E-state index in [1.165, 1.54) is 0 Å². The zero-order chi connectivity index (χ0) is 11.0. The Morgan fingerprint density at radius 1 is 1.25 bits per heavy atom. The smallest absolute Gasteiger partial charge is 0.203 e. The van der Waals surface area contributed by atoms with Gasteiger partial charge < -0.3 is 9.64 Å². The molecule has 0 radical (unpaired) electrons. The quantitative estimate of drug-likeness (QED) is 0.689. The molecule has 2 aromatic heterocycles. The molecular formula is C10H13N5O. The van der Waals surface area contributed by atoms with Crippen molar-refractivity contribution in [2.24, 2.45) is 0 Å². The van der Waals surface area contributed by atoms with Crippen LogP contribution in [0.1, 0.15) is 5.82 Å². The van der Waals surface area contributed by atoms with Gasteiger partial charge in [-0.15, -0.1) is 10.2 Å². The number of anilines is 1. The van der Waals surface area contributed by atoms with Gasteiger partial charge in [-0.3, -0.25) is 4.40 Å². The fourth-order valence-corrected chi connectivity index (χ4v) is 1.93. The Balaban J connectivity index is 2.08. The number of morpholine rings is 1. The van der Waals surface area contributed by atoms with Crippen LogP contribution in [0.5, 0.6) is 0 Å². The maximum Gasteiger partial charge on any atom is 0.203 e. The highest BCUT2D eigenvalue weighted by Crippen LogP contribution is 2.18. The van der Waals surface area contributed by atoms with E-state index in [1.807, 2.05) is 17.5 Å². The van der Waals surface area contributed by atoms with Crippen molar-refractivity contribution in [3.63, 3.8) is 0 Å². The predicted octanol–water partition coefficient (Wildman–Crippen LogP) is 0.269. The monoisotopic (exact) mass is 219 g/mol. The molecule has 16 heavy (non-hydrogen) atoms. The van der Waals surface area contributed by atoms with Gasteiger partial charge in [0.1, 0.15) is 5.82 Å². The van der Waals surface area contributed by atoms with Crippen molar-refractivity contribution in [2.45, 2.75) is 6.92 Å². The second kappa shape index (κ2) is 3.71. The summed E-state index contributed by atoms with van der Waals surface area (Å²) in [4.78, 5) is 6.58. The molecule has 3 rings (SSSR count).